The van der Waals surface area contributed by atoms with Gasteiger partial charge in [0.2, 0.25) is 0 Å². The first kappa shape index (κ1) is 17.8. The van der Waals surface area contributed by atoms with Crippen LogP contribution < -0.4 is 0 Å². The smallest absolute Gasteiger partial charge is 0.115 e. The Labute approximate surface area is 154 Å². The minimum absolute atomic E-state index is 0.285. The Bertz CT molecular complexity index is 722. The van der Waals surface area contributed by atoms with Gasteiger partial charge in [-0.3, -0.25) is 9.91 Å². The highest BCUT2D eigenvalue weighted by molar-refractivity contribution is 6.31. The van der Waals surface area contributed by atoms with Gasteiger partial charge in [-0.1, -0.05) is 36.7 Å². The lowest BCUT2D eigenvalue weighted by atomic mass is 10.1. The molecule has 0 radical (unpaired) electrons. The van der Waals surface area contributed by atoms with Gasteiger partial charge in [0.15, 0.2) is 0 Å². The van der Waals surface area contributed by atoms with Crippen molar-refractivity contribution >= 4 is 17.3 Å². The third-order valence-corrected chi connectivity index (χ3v) is 4.87. The molecule has 0 bridgehead atoms. The molecule has 0 saturated carbocycles. The topological polar surface area (TPSA) is 39.1 Å². The molecule has 25 heavy (non-hydrogen) atoms. The maximum Gasteiger partial charge on any atom is 0.115 e. The van der Waals surface area contributed by atoms with Crippen molar-refractivity contribution in [1.29, 1.82) is 0 Å². The number of halogens is 1. The molecule has 1 aliphatic rings. The van der Waals surface area contributed by atoms with Crippen molar-refractivity contribution in [3.63, 3.8) is 0 Å². The Balaban J connectivity index is 1.59. The molecular formula is C20H24ClN3O. The average Bonchev–Trinajstić information content (AvgIpc) is 2.64. The van der Waals surface area contributed by atoms with Crippen molar-refractivity contribution in [2.45, 2.75) is 19.9 Å². The number of hydrogen-bond acceptors (Lipinski definition) is 4. The van der Waals surface area contributed by atoms with E-state index in [4.69, 9.17) is 16.7 Å². The summed E-state index contributed by atoms with van der Waals surface area (Å²) >= 11 is 6.26. The van der Waals surface area contributed by atoms with Crippen LogP contribution in [0.1, 0.15) is 24.5 Å². The summed E-state index contributed by atoms with van der Waals surface area (Å²) in [6, 6.07) is 15.3. The maximum absolute atomic E-state index is 9.44. The molecule has 132 valence electrons. The molecule has 0 amide bonds. The monoisotopic (exact) mass is 357 g/mol. The average molecular weight is 358 g/mol. The first-order valence-electron chi connectivity index (χ1n) is 8.73. The Morgan fingerprint density at radius 3 is 2.36 bits per heavy atom. The SMILES string of the molecule is CCC(=NN1CCN(Cc2ccccc2Cl)CC1)c1ccc(O)cc1. The summed E-state index contributed by atoms with van der Waals surface area (Å²) in [4.78, 5) is 2.42. The van der Waals surface area contributed by atoms with Crippen LogP contribution in [-0.4, -0.2) is 46.9 Å². The third kappa shape index (κ3) is 4.74. The van der Waals surface area contributed by atoms with Crippen LogP contribution >= 0.6 is 11.6 Å². The Morgan fingerprint density at radius 1 is 1.04 bits per heavy atom. The van der Waals surface area contributed by atoms with Gasteiger partial charge in [-0.2, -0.15) is 5.10 Å². The second kappa shape index (κ2) is 8.37. The van der Waals surface area contributed by atoms with Gasteiger partial charge in [0.25, 0.3) is 0 Å². The molecule has 2 aromatic rings. The van der Waals surface area contributed by atoms with Crippen molar-refractivity contribution in [3.05, 3.63) is 64.7 Å². The fraction of sp³-hybridized carbons (Fsp3) is 0.350. The lowest BCUT2D eigenvalue weighted by Crippen LogP contribution is -2.44. The van der Waals surface area contributed by atoms with Gasteiger partial charge >= 0.3 is 0 Å². The van der Waals surface area contributed by atoms with Crippen molar-refractivity contribution < 1.29 is 5.11 Å². The molecular weight excluding hydrogens is 334 g/mol. The fourth-order valence-corrected chi connectivity index (χ4v) is 3.22. The minimum Gasteiger partial charge on any atom is -0.508 e. The molecule has 0 aliphatic carbocycles. The summed E-state index contributed by atoms with van der Waals surface area (Å²) in [7, 11) is 0. The molecule has 0 aromatic heterocycles. The van der Waals surface area contributed by atoms with Crippen LogP contribution in [0.2, 0.25) is 5.02 Å². The Morgan fingerprint density at radius 2 is 1.72 bits per heavy atom. The standard InChI is InChI=1S/C20H24ClN3O/c1-2-20(16-7-9-18(25)10-8-16)22-24-13-11-23(12-14-24)15-17-5-3-4-6-19(17)21/h3-10,25H,2,11-15H2,1H3. The minimum atomic E-state index is 0.285. The second-order valence-corrected chi connectivity index (χ2v) is 6.68. The highest BCUT2D eigenvalue weighted by Gasteiger charge is 2.17. The molecule has 1 fully saturated rings. The number of benzene rings is 2. The largest absolute Gasteiger partial charge is 0.508 e. The van der Waals surface area contributed by atoms with Crippen LogP contribution in [0.25, 0.3) is 0 Å². The number of rotatable bonds is 5. The molecule has 0 unspecified atom stereocenters. The lowest BCUT2D eigenvalue weighted by molar-refractivity contribution is 0.130. The lowest BCUT2D eigenvalue weighted by Gasteiger charge is -2.33. The summed E-state index contributed by atoms with van der Waals surface area (Å²) in [5.74, 6) is 0.285. The van der Waals surface area contributed by atoms with Crippen LogP contribution in [-0.2, 0) is 6.54 Å². The van der Waals surface area contributed by atoms with E-state index in [-0.39, 0.29) is 5.75 Å². The summed E-state index contributed by atoms with van der Waals surface area (Å²) < 4.78 is 0. The summed E-state index contributed by atoms with van der Waals surface area (Å²) in [5, 5.41) is 17.2. The number of hydrazone groups is 1. The molecule has 0 atom stereocenters. The number of phenols is 1. The van der Waals surface area contributed by atoms with E-state index in [0.717, 1.165) is 55.4 Å². The van der Waals surface area contributed by atoms with Crippen LogP contribution in [0.15, 0.2) is 53.6 Å². The summed E-state index contributed by atoms with van der Waals surface area (Å²) in [6.07, 6.45) is 0.866. The normalized spacial score (nSPS) is 16.2. The van der Waals surface area contributed by atoms with Crippen molar-refractivity contribution in [2.75, 3.05) is 26.2 Å². The Kier molecular flexibility index (Phi) is 5.95. The molecule has 1 heterocycles. The predicted octanol–water partition coefficient (Wildman–Crippen LogP) is 3.98. The van der Waals surface area contributed by atoms with Gasteiger partial charge in [0.05, 0.1) is 5.71 Å². The van der Waals surface area contributed by atoms with E-state index in [9.17, 15) is 5.11 Å². The van der Waals surface area contributed by atoms with Crippen LogP contribution in [0, 0.1) is 0 Å². The van der Waals surface area contributed by atoms with Gasteiger partial charge in [0.1, 0.15) is 5.75 Å². The van der Waals surface area contributed by atoms with E-state index >= 15 is 0 Å². The first-order valence-corrected chi connectivity index (χ1v) is 9.11. The van der Waals surface area contributed by atoms with E-state index in [1.165, 1.54) is 5.56 Å². The van der Waals surface area contributed by atoms with Crippen molar-refractivity contribution in [1.82, 2.24) is 9.91 Å². The molecule has 4 nitrogen and oxygen atoms in total. The number of piperazine rings is 1. The first-order chi connectivity index (χ1) is 12.2. The van der Waals surface area contributed by atoms with Gasteiger partial charge in [-0.25, -0.2) is 0 Å². The highest BCUT2D eigenvalue weighted by Crippen LogP contribution is 2.18. The number of aromatic hydroxyl groups is 1. The number of hydrogen-bond donors (Lipinski definition) is 1. The number of phenolic OH excluding ortho intramolecular Hbond substituents is 1. The quantitative estimate of drug-likeness (QED) is 0.823. The highest BCUT2D eigenvalue weighted by atomic mass is 35.5. The van der Waals surface area contributed by atoms with Gasteiger partial charge in [0, 0.05) is 37.7 Å². The molecule has 2 aromatic carbocycles. The maximum atomic E-state index is 9.44. The third-order valence-electron chi connectivity index (χ3n) is 4.50. The van der Waals surface area contributed by atoms with Crippen LogP contribution in [0.4, 0.5) is 0 Å². The van der Waals surface area contributed by atoms with Gasteiger partial charge in [-0.05, 0) is 47.9 Å². The zero-order valence-electron chi connectivity index (χ0n) is 14.5. The molecule has 0 spiro atoms. The number of nitrogens with zero attached hydrogens (tertiary/aromatic N) is 3. The van der Waals surface area contributed by atoms with Crippen LogP contribution in [0.3, 0.4) is 0 Å². The zero-order valence-corrected chi connectivity index (χ0v) is 15.3. The molecule has 5 heteroatoms. The van der Waals surface area contributed by atoms with Crippen molar-refractivity contribution in [2.24, 2.45) is 5.10 Å². The van der Waals surface area contributed by atoms with E-state index in [2.05, 4.69) is 22.9 Å². The fourth-order valence-electron chi connectivity index (χ4n) is 3.02. The van der Waals surface area contributed by atoms with Crippen molar-refractivity contribution in [3.8, 4) is 5.75 Å². The molecule has 1 saturated heterocycles. The zero-order chi connectivity index (χ0) is 17.6. The van der Waals surface area contributed by atoms with E-state index < -0.39 is 0 Å². The van der Waals surface area contributed by atoms with E-state index in [0.29, 0.717) is 0 Å². The summed E-state index contributed by atoms with van der Waals surface area (Å²) in [5.41, 5.74) is 3.30. The van der Waals surface area contributed by atoms with Crippen LogP contribution in [0.5, 0.6) is 5.75 Å². The van der Waals surface area contributed by atoms with Gasteiger partial charge in [-0.15, -0.1) is 0 Å². The molecule has 1 aliphatic heterocycles. The van der Waals surface area contributed by atoms with E-state index in [1.54, 1.807) is 12.1 Å². The second-order valence-electron chi connectivity index (χ2n) is 6.27. The molecule has 1 N–H and O–H groups in total. The van der Waals surface area contributed by atoms with E-state index in [1.807, 2.05) is 30.3 Å². The molecule has 3 rings (SSSR count). The Hall–Kier alpha value is -2.04. The predicted molar refractivity (Wildman–Crippen MR) is 103 cm³/mol. The summed E-state index contributed by atoms with van der Waals surface area (Å²) in [6.45, 7) is 6.76. The van der Waals surface area contributed by atoms with Gasteiger partial charge < -0.3 is 5.11 Å².